The lowest BCUT2D eigenvalue weighted by molar-refractivity contribution is -0.142. The van der Waals surface area contributed by atoms with Crippen molar-refractivity contribution in [3.05, 3.63) is 35.6 Å². The number of hydrogen-bond donors (Lipinski definition) is 1. The average molecular weight is 564 g/mol. The van der Waals surface area contributed by atoms with Gasteiger partial charge < -0.3 is 9.16 Å². The Balaban J connectivity index is 3.87. The topological polar surface area (TPSA) is 81.7 Å². The molecule has 0 fully saturated rings. The van der Waals surface area contributed by atoms with Crippen LogP contribution in [-0.2, 0) is 35.7 Å². The third-order valence-corrected chi connectivity index (χ3v) is 14.7. The van der Waals surface area contributed by atoms with E-state index < -0.39 is 68.8 Å². The molecule has 1 aromatic carbocycles. The highest BCUT2D eigenvalue weighted by atomic mass is 32.2. The Morgan fingerprint density at radius 1 is 0.972 bits per heavy atom. The lowest BCUT2D eigenvalue weighted by Gasteiger charge is -2.44. The molecule has 208 valence electrons. The average Bonchev–Trinajstić information content (AvgIpc) is 2.71. The van der Waals surface area contributed by atoms with E-state index in [0.29, 0.717) is 5.56 Å². The third kappa shape index (κ3) is 9.11. The van der Waals surface area contributed by atoms with Crippen LogP contribution in [0, 0.1) is 5.82 Å². The van der Waals surface area contributed by atoms with Crippen LogP contribution in [0.15, 0.2) is 24.3 Å². The summed E-state index contributed by atoms with van der Waals surface area (Å²) in [7, 11) is -4.24. The van der Waals surface area contributed by atoms with Crippen molar-refractivity contribution in [2.75, 3.05) is 7.11 Å². The predicted molar refractivity (Wildman–Crippen MR) is 151 cm³/mol. The molecule has 10 heteroatoms. The van der Waals surface area contributed by atoms with Crippen LogP contribution in [-0.4, -0.2) is 51.5 Å². The second-order valence-electron chi connectivity index (χ2n) is 12.6. The minimum Gasteiger partial charge on any atom is -0.469 e. The summed E-state index contributed by atoms with van der Waals surface area (Å²) in [6.07, 6.45) is -0.896. The number of hydrogen-bond acceptors (Lipinski definition) is 5. The minimum atomic E-state index is -2.45. The van der Waals surface area contributed by atoms with Crippen LogP contribution < -0.4 is 4.72 Å². The number of methoxy groups -OCH3 is 1. The fraction of sp³-hybridized carbons (Fsp3) is 0.731. The van der Waals surface area contributed by atoms with Crippen LogP contribution in [0.2, 0.25) is 18.1 Å². The van der Waals surface area contributed by atoms with Crippen LogP contribution >= 0.6 is 0 Å². The Kier molecular flexibility index (Phi) is 11.3. The monoisotopic (exact) mass is 563 g/mol. The largest absolute Gasteiger partial charge is 0.469 e. The molecule has 2 unspecified atom stereocenters. The molecule has 36 heavy (non-hydrogen) atoms. The van der Waals surface area contributed by atoms with Crippen molar-refractivity contribution in [3.8, 4) is 0 Å². The van der Waals surface area contributed by atoms with Gasteiger partial charge in [-0.3, -0.25) is 9.00 Å². The molecule has 0 heterocycles. The molecule has 0 aromatic heterocycles. The van der Waals surface area contributed by atoms with E-state index in [2.05, 4.69) is 38.6 Å². The van der Waals surface area contributed by atoms with Gasteiger partial charge in [0.15, 0.2) is 8.32 Å². The van der Waals surface area contributed by atoms with Crippen LogP contribution in [0.5, 0.6) is 0 Å². The van der Waals surface area contributed by atoms with Crippen LogP contribution in [0.1, 0.15) is 79.5 Å². The molecule has 6 nitrogen and oxygen atoms in total. The van der Waals surface area contributed by atoms with Crippen molar-refractivity contribution in [3.63, 3.8) is 0 Å². The summed E-state index contributed by atoms with van der Waals surface area (Å²) in [5.41, 5.74) is 0.613. The van der Waals surface area contributed by atoms with E-state index in [9.17, 15) is 17.6 Å². The zero-order chi connectivity index (χ0) is 28.3. The van der Waals surface area contributed by atoms with Gasteiger partial charge in [0.1, 0.15) is 5.82 Å². The van der Waals surface area contributed by atoms with Crippen molar-refractivity contribution in [2.45, 2.75) is 114 Å². The van der Waals surface area contributed by atoms with Gasteiger partial charge in [0.05, 0.1) is 46.7 Å². The Morgan fingerprint density at radius 2 is 1.47 bits per heavy atom. The van der Waals surface area contributed by atoms with Gasteiger partial charge in [-0.15, -0.1) is 0 Å². The van der Waals surface area contributed by atoms with Gasteiger partial charge in [0.25, 0.3) is 0 Å². The second kappa shape index (κ2) is 12.3. The first-order valence-corrected chi connectivity index (χ1v) is 17.5. The highest BCUT2D eigenvalue weighted by Gasteiger charge is 2.46. The first-order chi connectivity index (χ1) is 16.1. The minimum absolute atomic E-state index is 0.110. The fourth-order valence-corrected chi connectivity index (χ4v) is 7.17. The molecule has 1 rings (SSSR count). The first-order valence-electron chi connectivity index (χ1n) is 12.2. The molecule has 0 aliphatic heterocycles. The standard InChI is InChI=1S/C26H46FNO5S2Si/c1-24(2,3)34(30)23(18-13-15-19(27)16-14-18)22(28-35(31)25(4,5)6)20(17-21(29)32-10)33-36(11,12)26(7,8)9/h13-16,20,22-23,28H,17H2,1-12H3/t20-,22?,23?,34+,35-/m0/s1. The maximum absolute atomic E-state index is 14.1. The van der Waals surface area contributed by atoms with Gasteiger partial charge in [0.2, 0.25) is 0 Å². The van der Waals surface area contributed by atoms with Gasteiger partial charge in [-0.05, 0) is 77.4 Å². The quantitative estimate of drug-likeness (QED) is 0.288. The lowest BCUT2D eigenvalue weighted by Crippen LogP contribution is -2.56. The van der Waals surface area contributed by atoms with Crippen molar-refractivity contribution in [2.24, 2.45) is 0 Å². The lowest BCUT2D eigenvalue weighted by atomic mass is 9.99. The molecule has 0 saturated carbocycles. The molecular weight excluding hydrogens is 518 g/mol. The Morgan fingerprint density at radius 3 is 1.86 bits per heavy atom. The number of ether oxygens (including phenoxy) is 1. The van der Waals surface area contributed by atoms with Gasteiger partial charge in [-0.2, -0.15) is 0 Å². The SMILES string of the molecule is COC(=O)C[C@H](O[Si](C)(C)C(C)(C)C)C(N[S@@](=O)C(C)(C)C)C(c1ccc(F)cc1)[S@@](=O)C(C)(C)C. The van der Waals surface area contributed by atoms with Crippen LogP contribution in [0.4, 0.5) is 4.39 Å². The van der Waals surface area contributed by atoms with E-state index >= 15 is 0 Å². The molecule has 0 radical (unpaired) electrons. The zero-order valence-electron chi connectivity index (χ0n) is 24.0. The number of nitrogens with one attached hydrogen (secondary N) is 1. The Bertz CT molecular complexity index is 934. The van der Waals surface area contributed by atoms with E-state index in [-0.39, 0.29) is 11.5 Å². The maximum atomic E-state index is 14.1. The zero-order valence-corrected chi connectivity index (χ0v) is 26.6. The molecule has 0 spiro atoms. The Labute approximate surface area is 223 Å². The van der Waals surface area contributed by atoms with Crippen molar-refractivity contribution in [1.82, 2.24) is 4.72 Å². The molecule has 0 bridgehead atoms. The molecule has 1 N–H and O–H groups in total. The first kappa shape index (κ1) is 33.1. The summed E-state index contributed by atoms with van der Waals surface area (Å²) >= 11 is 0. The highest BCUT2D eigenvalue weighted by Crippen LogP contribution is 2.41. The van der Waals surface area contributed by atoms with E-state index in [1.165, 1.54) is 19.2 Å². The molecule has 0 aliphatic carbocycles. The van der Waals surface area contributed by atoms with E-state index in [1.807, 2.05) is 41.5 Å². The molecule has 0 aliphatic rings. The Hall–Kier alpha value is -0.943. The van der Waals surface area contributed by atoms with Gasteiger partial charge in [-0.1, -0.05) is 32.9 Å². The number of halogens is 1. The summed E-state index contributed by atoms with van der Waals surface area (Å²) in [5.74, 6) is -0.892. The molecule has 0 saturated heterocycles. The second-order valence-corrected chi connectivity index (χ2v) is 21.7. The highest BCUT2D eigenvalue weighted by molar-refractivity contribution is 7.87. The van der Waals surface area contributed by atoms with Gasteiger partial charge >= 0.3 is 5.97 Å². The molecule has 1 aromatic rings. The summed E-state index contributed by atoms with van der Waals surface area (Å²) in [4.78, 5) is 12.6. The van der Waals surface area contributed by atoms with Gasteiger partial charge in [0, 0.05) is 15.5 Å². The molecule has 0 amide bonds. The van der Waals surface area contributed by atoms with Crippen molar-refractivity contribution >= 4 is 36.1 Å². The molecular formula is C26H46FNO5S2Si. The van der Waals surface area contributed by atoms with E-state index in [1.54, 1.807) is 12.1 Å². The summed E-state index contributed by atoms with van der Waals surface area (Å²) < 4.78 is 55.0. The van der Waals surface area contributed by atoms with Crippen LogP contribution in [0.25, 0.3) is 0 Å². The summed E-state index contributed by atoms with van der Waals surface area (Å²) in [6, 6.07) is 5.05. The summed E-state index contributed by atoms with van der Waals surface area (Å²) in [6.45, 7) is 21.5. The third-order valence-electron chi connectivity index (χ3n) is 6.41. The molecule has 5 atom stereocenters. The fourth-order valence-electron chi connectivity index (χ4n) is 3.18. The normalized spacial score (nSPS) is 17.7. The number of rotatable bonds is 10. The number of carbonyl (C=O) groups excluding carboxylic acids is 1. The summed E-state index contributed by atoms with van der Waals surface area (Å²) in [5, 5.41) is -0.916. The van der Waals surface area contributed by atoms with E-state index in [0.717, 1.165) is 0 Å². The number of esters is 1. The van der Waals surface area contributed by atoms with Crippen molar-refractivity contribution in [1.29, 1.82) is 0 Å². The van der Waals surface area contributed by atoms with Gasteiger partial charge in [-0.25, -0.2) is 13.3 Å². The predicted octanol–water partition coefficient (Wildman–Crippen LogP) is 5.79. The number of carbonyl (C=O) groups is 1. The van der Waals surface area contributed by atoms with E-state index in [4.69, 9.17) is 9.16 Å². The van der Waals surface area contributed by atoms with Crippen LogP contribution in [0.3, 0.4) is 0 Å². The van der Waals surface area contributed by atoms with Crippen molar-refractivity contribution < 1.29 is 26.8 Å². The maximum Gasteiger partial charge on any atom is 0.308 e. The number of benzene rings is 1. The smallest absolute Gasteiger partial charge is 0.308 e.